The summed E-state index contributed by atoms with van der Waals surface area (Å²) in [5.41, 5.74) is 1.06. The Balaban J connectivity index is 2.25. The number of hydrogen-bond donors (Lipinski definition) is 2. The molecule has 1 rings (SSSR count). The van der Waals surface area contributed by atoms with Gasteiger partial charge in [-0.15, -0.1) is 0 Å². The van der Waals surface area contributed by atoms with Gasteiger partial charge in [-0.3, -0.25) is 0 Å². The number of aromatic amines is 1. The van der Waals surface area contributed by atoms with Crippen LogP contribution in [0, 0.1) is 24.2 Å². The van der Waals surface area contributed by atoms with Crippen LogP contribution in [0.4, 0.5) is 0 Å². The lowest BCUT2D eigenvalue weighted by Crippen LogP contribution is -2.19. The molecule has 1 atom stereocenters. The number of nitrogens with zero attached hydrogens (tertiary/aromatic N) is 2. The van der Waals surface area contributed by atoms with Gasteiger partial charge in [0.15, 0.2) is 0 Å². The summed E-state index contributed by atoms with van der Waals surface area (Å²) in [6, 6.07) is 2.17. The van der Waals surface area contributed by atoms with Crippen molar-refractivity contribution in [2.24, 2.45) is 5.92 Å². The smallest absolute Gasteiger partial charge is 0.103 e. The van der Waals surface area contributed by atoms with E-state index in [1.54, 1.807) is 6.20 Å². The molecular formula is C9H14N4. The molecule has 0 aliphatic rings. The molecule has 70 valence electrons. The second kappa shape index (κ2) is 4.63. The van der Waals surface area contributed by atoms with E-state index in [9.17, 15) is 0 Å². The van der Waals surface area contributed by atoms with Crippen molar-refractivity contribution in [2.75, 3.05) is 6.54 Å². The van der Waals surface area contributed by atoms with Gasteiger partial charge in [-0.1, -0.05) is 0 Å². The summed E-state index contributed by atoms with van der Waals surface area (Å²) < 4.78 is 0. The predicted molar refractivity (Wildman–Crippen MR) is 49.8 cm³/mol. The van der Waals surface area contributed by atoms with E-state index in [0.29, 0.717) is 6.54 Å². The first kappa shape index (κ1) is 9.75. The lowest BCUT2D eigenvalue weighted by atomic mass is 10.2. The summed E-state index contributed by atoms with van der Waals surface area (Å²) in [6.45, 7) is 5.27. The minimum Gasteiger partial charge on any atom is -0.345 e. The highest BCUT2D eigenvalue weighted by Gasteiger charge is 1.99. The number of aromatic nitrogens is 2. The summed E-state index contributed by atoms with van der Waals surface area (Å²) in [5, 5.41) is 11.7. The molecule has 4 heteroatoms. The average molecular weight is 178 g/mol. The second-order valence-electron chi connectivity index (χ2n) is 3.15. The predicted octanol–water partition coefficient (Wildman–Crippen LogP) is 0.967. The fourth-order valence-electron chi connectivity index (χ4n) is 1.03. The summed E-state index contributed by atoms with van der Waals surface area (Å²) in [6.07, 6.45) is 1.80. The van der Waals surface area contributed by atoms with Gasteiger partial charge in [0, 0.05) is 25.0 Å². The Hall–Kier alpha value is -1.34. The van der Waals surface area contributed by atoms with E-state index in [1.807, 2.05) is 13.8 Å². The van der Waals surface area contributed by atoms with Gasteiger partial charge in [0.2, 0.25) is 0 Å². The van der Waals surface area contributed by atoms with Crippen LogP contribution in [0.25, 0.3) is 0 Å². The highest BCUT2D eigenvalue weighted by atomic mass is 15.0. The summed E-state index contributed by atoms with van der Waals surface area (Å²) >= 11 is 0. The van der Waals surface area contributed by atoms with E-state index in [1.165, 1.54) is 0 Å². The van der Waals surface area contributed by atoms with Crippen LogP contribution < -0.4 is 5.32 Å². The first-order chi connectivity index (χ1) is 6.22. The summed E-state index contributed by atoms with van der Waals surface area (Å²) in [4.78, 5) is 7.19. The van der Waals surface area contributed by atoms with E-state index in [-0.39, 0.29) is 5.92 Å². The van der Waals surface area contributed by atoms with Crippen LogP contribution in [0.15, 0.2) is 6.20 Å². The monoisotopic (exact) mass is 178 g/mol. The molecule has 0 aliphatic carbocycles. The van der Waals surface area contributed by atoms with Crippen molar-refractivity contribution in [1.29, 1.82) is 5.26 Å². The van der Waals surface area contributed by atoms with Gasteiger partial charge in [-0.05, 0) is 13.8 Å². The molecular weight excluding hydrogens is 164 g/mol. The van der Waals surface area contributed by atoms with Crippen LogP contribution in [0.2, 0.25) is 0 Å². The number of rotatable bonds is 4. The van der Waals surface area contributed by atoms with Gasteiger partial charge < -0.3 is 10.3 Å². The fraction of sp³-hybridized carbons (Fsp3) is 0.556. The van der Waals surface area contributed by atoms with Gasteiger partial charge in [0.25, 0.3) is 0 Å². The SMILES string of the molecule is Cc1ncc(CNCC(C)C#N)[nH]1. The molecule has 1 heterocycles. The Kier molecular flexibility index (Phi) is 3.47. The quantitative estimate of drug-likeness (QED) is 0.722. The largest absolute Gasteiger partial charge is 0.345 e. The third-order valence-corrected chi connectivity index (χ3v) is 1.74. The topological polar surface area (TPSA) is 64.5 Å². The molecule has 0 radical (unpaired) electrons. The van der Waals surface area contributed by atoms with Crippen LogP contribution in [-0.2, 0) is 6.54 Å². The number of H-pyrrole nitrogens is 1. The zero-order valence-electron chi connectivity index (χ0n) is 7.96. The summed E-state index contributed by atoms with van der Waals surface area (Å²) in [7, 11) is 0. The zero-order chi connectivity index (χ0) is 9.68. The first-order valence-corrected chi connectivity index (χ1v) is 4.33. The Morgan fingerprint density at radius 3 is 3.08 bits per heavy atom. The van der Waals surface area contributed by atoms with Crippen LogP contribution in [0.5, 0.6) is 0 Å². The van der Waals surface area contributed by atoms with E-state index in [4.69, 9.17) is 5.26 Å². The number of nitriles is 1. The van der Waals surface area contributed by atoms with Crippen LogP contribution in [0.1, 0.15) is 18.4 Å². The minimum absolute atomic E-state index is 0.0593. The van der Waals surface area contributed by atoms with Crippen molar-refractivity contribution in [3.05, 3.63) is 17.7 Å². The van der Waals surface area contributed by atoms with Crippen LogP contribution in [-0.4, -0.2) is 16.5 Å². The van der Waals surface area contributed by atoms with Crippen molar-refractivity contribution in [3.8, 4) is 6.07 Å². The molecule has 1 aromatic heterocycles. The highest BCUT2D eigenvalue weighted by Crippen LogP contribution is 1.95. The van der Waals surface area contributed by atoms with E-state index < -0.39 is 0 Å². The minimum atomic E-state index is 0.0593. The highest BCUT2D eigenvalue weighted by molar-refractivity contribution is 4.99. The maximum atomic E-state index is 8.53. The first-order valence-electron chi connectivity index (χ1n) is 4.33. The van der Waals surface area contributed by atoms with E-state index in [2.05, 4.69) is 21.4 Å². The van der Waals surface area contributed by atoms with E-state index >= 15 is 0 Å². The van der Waals surface area contributed by atoms with Crippen LogP contribution in [0.3, 0.4) is 0 Å². The van der Waals surface area contributed by atoms with Gasteiger partial charge in [-0.25, -0.2) is 4.98 Å². The molecule has 0 amide bonds. The standard InChI is InChI=1S/C9H14N4/c1-7(3-10)4-11-5-9-6-12-8(2)13-9/h6-7,11H,4-5H2,1-2H3,(H,12,13). The third kappa shape index (κ3) is 3.26. The van der Waals surface area contributed by atoms with Crippen molar-refractivity contribution in [3.63, 3.8) is 0 Å². The molecule has 0 aliphatic heterocycles. The normalized spacial score (nSPS) is 12.4. The molecule has 13 heavy (non-hydrogen) atoms. The number of imidazole rings is 1. The molecule has 0 fully saturated rings. The lowest BCUT2D eigenvalue weighted by Gasteiger charge is -2.03. The number of nitrogens with one attached hydrogen (secondary N) is 2. The molecule has 2 N–H and O–H groups in total. The second-order valence-corrected chi connectivity index (χ2v) is 3.15. The maximum absolute atomic E-state index is 8.53. The van der Waals surface area contributed by atoms with Gasteiger partial charge in [-0.2, -0.15) is 5.26 Å². The summed E-state index contributed by atoms with van der Waals surface area (Å²) in [5.74, 6) is 0.981. The van der Waals surface area contributed by atoms with Gasteiger partial charge in [0.1, 0.15) is 5.82 Å². The van der Waals surface area contributed by atoms with E-state index in [0.717, 1.165) is 18.1 Å². The van der Waals surface area contributed by atoms with Gasteiger partial charge in [0.05, 0.1) is 12.0 Å². The Morgan fingerprint density at radius 1 is 1.77 bits per heavy atom. The number of aryl methyl sites for hydroxylation is 1. The molecule has 0 bridgehead atoms. The third-order valence-electron chi connectivity index (χ3n) is 1.74. The number of hydrogen-bond acceptors (Lipinski definition) is 3. The van der Waals surface area contributed by atoms with Crippen molar-refractivity contribution < 1.29 is 0 Å². The molecule has 0 spiro atoms. The lowest BCUT2D eigenvalue weighted by molar-refractivity contribution is 0.596. The Morgan fingerprint density at radius 2 is 2.54 bits per heavy atom. The van der Waals surface area contributed by atoms with Crippen molar-refractivity contribution in [1.82, 2.24) is 15.3 Å². The van der Waals surface area contributed by atoms with Crippen molar-refractivity contribution in [2.45, 2.75) is 20.4 Å². The molecule has 0 aromatic carbocycles. The maximum Gasteiger partial charge on any atom is 0.103 e. The van der Waals surface area contributed by atoms with Crippen LogP contribution >= 0.6 is 0 Å². The zero-order valence-corrected chi connectivity index (χ0v) is 7.96. The Bertz CT molecular complexity index is 297. The molecule has 0 saturated heterocycles. The molecule has 0 saturated carbocycles. The Labute approximate surface area is 78.0 Å². The van der Waals surface area contributed by atoms with Gasteiger partial charge >= 0.3 is 0 Å². The molecule has 4 nitrogen and oxygen atoms in total. The average Bonchev–Trinajstić information content (AvgIpc) is 2.51. The van der Waals surface area contributed by atoms with Crippen molar-refractivity contribution >= 4 is 0 Å². The molecule has 1 unspecified atom stereocenters. The fourth-order valence-corrected chi connectivity index (χ4v) is 1.03. The molecule has 1 aromatic rings.